The van der Waals surface area contributed by atoms with E-state index in [-0.39, 0.29) is 24.2 Å². The molecule has 6 nitrogen and oxygen atoms in total. The maximum Gasteiger partial charge on any atom is 0.269 e. The Morgan fingerprint density at radius 2 is 2.04 bits per heavy atom. The van der Waals surface area contributed by atoms with E-state index in [4.69, 9.17) is 5.73 Å². The third-order valence-electron chi connectivity index (χ3n) is 3.79. The number of β-amino-alcohol motifs (C(OH)–C–C–N with tert-alkyl or cyclic N) is 1. The van der Waals surface area contributed by atoms with Gasteiger partial charge in [0.05, 0.1) is 12.1 Å². The van der Waals surface area contributed by atoms with Gasteiger partial charge in [0.2, 0.25) is 0 Å². The predicted octanol–water partition coefficient (Wildman–Crippen LogP) is 1.17. The van der Waals surface area contributed by atoms with E-state index in [9.17, 15) is 18.7 Å². The van der Waals surface area contributed by atoms with Gasteiger partial charge in [0, 0.05) is 12.1 Å². The molecule has 3 rings (SSSR count). The van der Waals surface area contributed by atoms with Gasteiger partial charge in [0.1, 0.15) is 11.6 Å². The minimum absolute atomic E-state index is 0.00183. The Morgan fingerprint density at radius 1 is 1.26 bits per heavy atom. The largest absolute Gasteiger partial charge is 0.391 e. The summed E-state index contributed by atoms with van der Waals surface area (Å²) >= 11 is 0. The summed E-state index contributed by atoms with van der Waals surface area (Å²) in [5.74, 6) is -1.48. The first-order chi connectivity index (χ1) is 11.0. The van der Waals surface area contributed by atoms with Gasteiger partial charge in [-0.2, -0.15) is 0 Å². The lowest BCUT2D eigenvalue weighted by molar-refractivity contribution is 0.0994. The van der Waals surface area contributed by atoms with Crippen LogP contribution >= 0.6 is 0 Å². The Bertz CT molecular complexity index is 739. The van der Waals surface area contributed by atoms with Crippen molar-refractivity contribution >= 4 is 11.7 Å². The first kappa shape index (κ1) is 15.3. The van der Waals surface area contributed by atoms with E-state index < -0.39 is 29.7 Å². The standard InChI is InChI=1S/C15H14F2N4O2/c16-8-1-2-11(17)10(5-8)13-6-9(22)7-21(13)14-4-3-12(15(18)23)19-20-14/h1-5,9,13,22H,6-7H2,(H2,18,23)/t9-,13+/m0/s1. The number of nitrogens with zero attached hydrogens (tertiary/aromatic N) is 3. The monoisotopic (exact) mass is 320 g/mol. The van der Waals surface area contributed by atoms with Gasteiger partial charge >= 0.3 is 0 Å². The van der Waals surface area contributed by atoms with E-state index in [2.05, 4.69) is 10.2 Å². The van der Waals surface area contributed by atoms with Gasteiger partial charge in [-0.3, -0.25) is 4.79 Å². The van der Waals surface area contributed by atoms with Crippen molar-refractivity contribution in [3.05, 3.63) is 53.2 Å². The van der Waals surface area contributed by atoms with Crippen LogP contribution < -0.4 is 10.6 Å². The molecule has 1 aromatic carbocycles. The smallest absolute Gasteiger partial charge is 0.269 e. The van der Waals surface area contributed by atoms with Crippen molar-refractivity contribution in [2.45, 2.75) is 18.6 Å². The highest BCUT2D eigenvalue weighted by atomic mass is 19.1. The molecule has 0 spiro atoms. The fourth-order valence-electron chi connectivity index (χ4n) is 2.74. The Hall–Kier alpha value is -2.61. The third-order valence-corrected chi connectivity index (χ3v) is 3.79. The summed E-state index contributed by atoms with van der Waals surface area (Å²) < 4.78 is 27.5. The van der Waals surface area contributed by atoms with Gasteiger partial charge < -0.3 is 15.7 Å². The van der Waals surface area contributed by atoms with E-state index in [0.717, 1.165) is 18.2 Å². The van der Waals surface area contributed by atoms with Crippen LogP contribution in [0.3, 0.4) is 0 Å². The number of amides is 1. The summed E-state index contributed by atoms with van der Waals surface area (Å²) in [5.41, 5.74) is 5.25. The molecule has 0 aliphatic carbocycles. The molecule has 0 unspecified atom stereocenters. The molecule has 3 N–H and O–H groups in total. The van der Waals surface area contributed by atoms with E-state index in [1.54, 1.807) is 4.90 Å². The zero-order valence-corrected chi connectivity index (χ0v) is 12.0. The van der Waals surface area contributed by atoms with Crippen LogP contribution in [0.2, 0.25) is 0 Å². The summed E-state index contributed by atoms with van der Waals surface area (Å²) in [6.07, 6.45) is -0.472. The van der Waals surface area contributed by atoms with Crippen LogP contribution in [0.1, 0.15) is 28.5 Å². The number of aliphatic hydroxyl groups excluding tert-OH is 1. The Balaban J connectivity index is 1.96. The number of aliphatic hydroxyl groups is 1. The molecule has 1 amide bonds. The third kappa shape index (κ3) is 2.98. The highest BCUT2D eigenvalue weighted by Gasteiger charge is 2.35. The summed E-state index contributed by atoms with van der Waals surface area (Å²) in [7, 11) is 0. The van der Waals surface area contributed by atoms with Crippen molar-refractivity contribution < 1.29 is 18.7 Å². The van der Waals surface area contributed by atoms with Crippen molar-refractivity contribution in [2.24, 2.45) is 5.73 Å². The Morgan fingerprint density at radius 3 is 2.70 bits per heavy atom. The lowest BCUT2D eigenvalue weighted by Gasteiger charge is -2.25. The van der Waals surface area contributed by atoms with Crippen LogP contribution in [-0.2, 0) is 0 Å². The molecule has 120 valence electrons. The second kappa shape index (κ2) is 5.88. The molecule has 1 aliphatic rings. The molecular formula is C15H14F2N4O2. The second-order valence-electron chi connectivity index (χ2n) is 5.36. The highest BCUT2D eigenvalue weighted by molar-refractivity contribution is 5.90. The highest BCUT2D eigenvalue weighted by Crippen LogP contribution is 2.36. The number of aromatic nitrogens is 2. The van der Waals surface area contributed by atoms with Gasteiger partial charge in [0.15, 0.2) is 11.5 Å². The average Bonchev–Trinajstić information content (AvgIpc) is 2.91. The molecule has 0 radical (unpaired) electrons. The van der Waals surface area contributed by atoms with Crippen LogP contribution in [0.5, 0.6) is 0 Å². The van der Waals surface area contributed by atoms with Gasteiger partial charge in [-0.05, 0) is 36.8 Å². The van der Waals surface area contributed by atoms with Crippen LogP contribution in [0, 0.1) is 11.6 Å². The van der Waals surface area contributed by atoms with E-state index >= 15 is 0 Å². The summed E-state index contributed by atoms with van der Waals surface area (Å²) in [4.78, 5) is 12.7. The zero-order valence-electron chi connectivity index (χ0n) is 12.0. The van der Waals surface area contributed by atoms with Gasteiger partial charge in [-0.25, -0.2) is 8.78 Å². The molecule has 1 aliphatic heterocycles. The van der Waals surface area contributed by atoms with Crippen molar-refractivity contribution in [3.8, 4) is 0 Å². The van der Waals surface area contributed by atoms with Gasteiger partial charge in [-0.15, -0.1) is 10.2 Å². The maximum atomic E-state index is 14.0. The molecule has 2 aromatic rings. The maximum absolute atomic E-state index is 14.0. The minimum Gasteiger partial charge on any atom is -0.391 e. The number of carbonyl (C=O) groups is 1. The van der Waals surface area contributed by atoms with Gasteiger partial charge in [0.25, 0.3) is 5.91 Å². The Labute approximate surface area is 130 Å². The lowest BCUT2D eigenvalue weighted by atomic mass is 10.0. The fourth-order valence-corrected chi connectivity index (χ4v) is 2.74. The summed E-state index contributed by atoms with van der Waals surface area (Å²) in [6, 6.07) is 5.53. The average molecular weight is 320 g/mol. The van der Waals surface area contributed by atoms with E-state index in [0.29, 0.717) is 5.82 Å². The molecule has 1 saturated heterocycles. The number of carbonyl (C=O) groups excluding carboxylic acids is 1. The van der Waals surface area contributed by atoms with E-state index in [1.165, 1.54) is 12.1 Å². The first-order valence-corrected chi connectivity index (χ1v) is 6.99. The molecule has 23 heavy (non-hydrogen) atoms. The number of anilines is 1. The van der Waals surface area contributed by atoms with Crippen molar-refractivity contribution in [1.29, 1.82) is 0 Å². The quantitative estimate of drug-likeness (QED) is 0.885. The number of hydrogen-bond donors (Lipinski definition) is 2. The predicted molar refractivity (Wildman–Crippen MR) is 77.6 cm³/mol. The molecule has 1 fully saturated rings. The normalized spacial score (nSPS) is 20.7. The zero-order chi connectivity index (χ0) is 16.6. The van der Waals surface area contributed by atoms with Crippen LogP contribution in [0.4, 0.5) is 14.6 Å². The van der Waals surface area contributed by atoms with Crippen molar-refractivity contribution in [1.82, 2.24) is 10.2 Å². The number of nitrogens with two attached hydrogens (primary N) is 1. The van der Waals surface area contributed by atoms with Crippen molar-refractivity contribution in [2.75, 3.05) is 11.4 Å². The summed E-state index contributed by atoms with van der Waals surface area (Å²) in [5, 5.41) is 17.5. The SMILES string of the molecule is NC(=O)c1ccc(N2C[C@@H](O)C[C@@H]2c2cc(F)ccc2F)nn1. The lowest BCUT2D eigenvalue weighted by Crippen LogP contribution is -2.26. The Kier molecular flexibility index (Phi) is 3.91. The van der Waals surface area contributed by atoms with Crippen LogP contribution in [-0.4, -0.2) is 33.9 Å². The number of primary amides is 1. The van der Waals surface area contributed by atoms with Crippen LogP contribution in [0.15, 0.2) is 30.3 Å². The summed E-state index contributed by atoms with van der Waals surface area (Å²) in [6.45, 7) is 0.200. The number of benzene rings is 1. The molecule has 8 heteroatoms. The molecular weight excluding hydrogens is 306 g/mol. The van der Waals surface area contributed by atoms with Gasteiger partial charge in [-0.1, -0.05) is 0 Å². The van der Waals surface area contributed by atoms with Crippen LogP contribution in [0.25, 0.3) is 0 Å². The van der Waals surface area contributed by atoms with E-state index in [1.807, 2.05) is 0 Å². The molecule has 0 saturated carbocycles. The first-order valence-electron chi connectivity index (χ1n) is 6.99. The molecule has 1 aromatic heterocycles. The minimum atomic E-state index is -0.710. The molecule has 2 atom stereocenters. The topological polar surface area (TPSA) is 92.3 Å². The second-order valence-corrected chi connectivity index (χ2v) is 5.36. The number of rotatable bonds is 3. The molecule has 2 heterocycles. The number of halogens is 2. The number of hydrogen-bond acceptors (Lipinski definition) is 5. The van der Waals surface area contributed by atoms with Crippen molar-refractivity contribution in [3.63, 3.8) is 0 Å². The molecule has 0 bridgehead atoms. The fraction of sp³-hybridized carbons (Fsp3) is 0.267.